The number of carbonyl (C=O) groups is 2. The Labute approximate surface area is 156 Å². The van der Waals surface area contributed by atoms with Gasteiger partial charge < -0.3 is 16.4 Å². The van der Waals surface area contributed by atoms with Crippen molar-refractivity contribution in [1.29, 1.82) is 0 Å². The van der Waals surface area contributed by atoms with Crippen molar-refractivity contribution in [3.63, 3.8) is 0 Å². The molecule has 2 aromatic rings. The third-order valence-electron chi connectivity index (χ3n) is 3.64. The molecule has 0 unspecified atom stereocenters. The number of urea groups is 1. The Morgan fingerprint density at radius 1 is 1.44 bits per heavy atom. The molecule has 0 radical (unpaired) electrons. The van der Waals surface area contributed by atoms with Crippen molar-refractivity contribution in [3.8, 4) is 0 Å². The van der Waals surface area contributed by atoms with Crippen molar-refractivity contribution < 1.29 is 9.59 Å². The molecule has 25 heavy (non-hydrogen) atoms. The molecule has 0 saturated carbocycles. The summed E-state index contributed by atoms with van der Waals surface area (Å²) in [5.41, 5.74) is 7.26. The number of amides is 3. The minimum atomic E-state index is -0.269. The lowest BCUT2D eigenvalue weighted by atomic mass is 10.2. The number of aromatic nitrogens is 1. The fourth-order valence-electron chi connectivity index (χ4n) is 2.48. The molecule has 0 atom stereocenters. The van der Waals surface area contributed by atoms with Crippen molar-refractivity contribution in [1.82, 2.24) is 10.3 Å². The van der Waals surface area contributed by atoms with Gasteiger partial charge in [-0.25, -0.2) is 9.78 Å². The summed E-state index contributed by atoms with van der Waals surface area (Å²) >= 11 is 1.43. The van der Waals surface area contributed by atoms with Gasteiger partial charge in [-0.15, -0.1) is 23.7 Å². The number of carbonyl (C=O) groups excluding carboxylic acids is 2. The van der Waals surface area contributed by atoms with Crippen LogP contribution in [0.25, 0.3) is 0 Å². The van der Waals surface area contributed by atoms with Crippen molar-refractivity contribution in [3.05, 3.63) is 40.3 Å². The van der Waals surface area contributed by atoms with Gasteiger partial charge in [-0.1, -0.05) is 6.07 Å². The molecule has 4 N–H and O–H groups in total. The minimum Gasteiger partial charge on any atom is -0.338 e. The van der Waals surface area contributed by atoms with E-state index in [-0.39, 0.29) is 24.3 Å². The van der Waals surface area contributed by atoms with Gasteiger partial charge in [0, 0.05) is 36.3 Å². The maximum atomic E-state index is 12.3. The summed E-state index contributed by atoms with van der Waals surface area (Å²) in [5.74, 6) is -0.269. The van der Waals surface area contributed by atoms with Crippen LogP contribution in [0.4, 0.5) is 16.2 Å². The van der Waals surface area contributed by atoms with Gasteiger partial charge in [0.2, 0.25) is 0 Å². The Morgan fingerprint density at radius 3 is 3.04 bits per heavy atom. The SMILES string of the molecule is Cl.NCCc1nc(C(=O)Nc2cccc(N3CCCNC3=O)c2)cs1. The maximum Gasteiger partial charge on any atom is 0.321 e. The summed E-state index contributed by atoms with van der Waals surface area (Å²) in [7, 11) is 0. The summed E-state index contributed by atoms with van der Waals surface area (Å²) in [6.45, 7) is 1.87. The summed E-state index contributed by atoms with van der Waals surface area (Å²) in [6, 6.07) is 7.12. The third kappa shape index (κ3) is 4.68. The number of thiazole rings is 1. The first-order valence-electron chi connectivity index (χ1n) is 7.78. The lowest BCUT2D eigenvalue weighted by molar-refractivity contribution is 0.102. The monoisotopic (exact) mass is 381 g/mol. The van der Waals surface area contributed by atoms with E-state index in [1.807, 2.05) is 12.1 Å². The first kappa shape index (κ1) is 19.2. The molecule has 0 spiro atoms. The predicted octanol–water partition coefficient (Wildman–Crippen LogP) is 2.24. The Morgan fingerprint density at radius 2 is 2.28 bits per heavy atom. The van der Waals surface area contributed by atoms with Gasteiger partial charge in [0.25, 0.3) is 5.91 Å². The van der Waals surface area contributed by atoms with Crippen LogP contribution in [0.5, 0.6) is 0 Å². The standard InChI is InChI=1S/C16H19N5O2S.ClH/c17-6-5-14-20-13(10-24-14)15(22)19-11-3-1-4-12(9-11)21-8-2-7-18-16(21)23;/h1,3-4,9-10H,2,5-8,17H2,(H,18,23)(H,19,22);1H. The van der Waals surface area contributed by atoms with Gasteiger partial charge in [-0.2, -0.15) is 0 Å². The Balaban J connectivity index is 0.00000225. The largest absolute Gasteiger partial charge is 0.338 e. The number of anilines is 2. The fourth-order valence-corrected chi connectivity index (χ4v) is 3.27. The molecule has 1 aromatic heterocycles. The quantitative estimate of drug-likeness (QED) is 0.739. The molecule has 1 aliphatic heterocycles. The second-order valence-corrected chi connectivity index (χ2v) is 6.35. The lowest BCUT2D eigenvalue weighted by Gasteiger charge is -2.27. The summed E-state index contributed by atoms with van der Waals surface area (Å²) in [6.07, 6.45) is 1.56. The smallest absolute Gasteiger partial charge is 0.321 e. The highest BCUT2D eigenvalue weighted by Gasteiger charge is 2.19. The molecule has 3 rings (SSSR count). The van der Waals surface area contributed by atoms with E-state index in [0.717, 1.165) is 17.1 Å². The molecule has 1 saturated heterocycles. The lowest BCUT2D eigenvalue weighted by Crippen LogP contribution is -2.46. The van der Waals surface area contributed by atoms with E-state index < -0.39 is 0 Å². The maximum absolute atomic E-state index is 12.3. The Kier molecular flexibility index (Phi) is 6.74. The normalized spacial score (nSPS) is 13.8. The van der Waals surface area contributed by atoms with E-state index in [1.54, 1.807) is 22.4 Å². The Hall–Kier alpha value is -2.16. The second-order valence-electron chi connectivity index (χ2n) is 5.41. The zero-order chi connectivity index (χ0) is 16.9. The van der Waals surface area contributed by atoms with Crippen LogP contribution in [0.3, 0.4) is 0 Å². The van der Waals surface area contributed by atoms with Crippen molar-refractivity contribution in [2.24, 2.45) is 5.73 Å². The molecule has 1 aliphatic rings. The number of nitrogens with one attached hydrogen (secondary N) is 2. The topological polar surface area (TPSA) is 100 Å². The van der Waals surface area contributed by atoms with Gasteiger partial charge in [-0.05, 0) is 31.2 Å². The van der Waals surface area contributed by atoms with E-state index >= 15 is 0 Å². The number of hydrogen-bond acceptors (Lipinski definition) is 5. The van der Waals surface area contributed by atoms with Crippen LogP contribution in [0.2, 0.25) is 0 Å². The predicted molar refractivity (Wildman–Crippen MR) is 102 cm³/mol. The molecule has 134 valence electrons. The zero-order valence-corrected chi connectivity index (χ0v) is 15.2. The Bertz CT molecular complexity index is 752. The molecule has 1 fully saturated rings. The molecule has 0 aliphatic carbocycles. The van der Waals surface area contributed by atoms with Crippen LogP contribution < -0.4 is 21.3 Å². The summed E-state index contributed by atoms with van der Waals surface area (Å²) in [5, 5.41) is 8.21. The number of halogens is 1. The summed E-state index contributed by atoms with van der Waals surface area (Å²) in [4.78, 5) is 30.2. The number of benzene rings is 1. The van der Waals surface area contributed by atoms with Crippen molar-refractivity contribution in [2.45, 2.75) is 12.8 Å². The first-order chi connectivity index (χ1) is 11.7. The number of hydrogen-bond donors (Lipinski definition) is 3. The molecule has 7 nitrogen and oxygen atoms in total. The van der Waals surface area contributed by atoms with Gasteiger partial charge in [-0.3, -0.25) is 9.69 Å². The first-order valence-corrected chi connectivity index (χ1v) is 8.66. The fraction of sp³-hybridized carbons (Fsp3) is 0.312. The van der Waals surface area contributed by atoms with Gasteiger partial charge in [0.1, 0.15) is 5.69 Å². The van der Waals surface area contributed by atoms with Crippen LogP contribution in [-0.4, -0.2) is 36.6 Å². The number of nitrogens with two attached hydrogens (primary N) is 1. The van der Waals surface area contributed by atoms with E-state index in [9.17, 15) is 9.59 Å². The van der Waals surface area contributed by atoms with Gasteiger partial charge in [0.05, 0.1) is 5.01 Å². The van der Waals surface area contributed by atoms with Gasteiger partial charge >= 0.3 is 6.03 Å². The summed E-state index contributed by atoms with van der Waals surface area (Å²) < 4.78 is 0. The zero-order valence-electron chi connectivity index (χ0n) is 13.5. The van der Waals surface area contributed by atoms with Crippen LogP contribution in [0.1, 0.15) is 21.9 Å². The average molecular weight is 382 g/mol. The highest BCUT2D eigenvalue weighted by Crippen LogP contribution is 2.22. The highest BCUT2D eigenvalue weighted by atomic mass is 35.5. The van der Waals surface area contributed by atoms with E-state index in [1.165, 1.54) is 11.3 Å². The number of nitrogens with zero attached hydrogens (tertiary/aromatic N) is 2. The molecule has 9 heteroatoms. The molecule has 3 amide bonds. The van der Waals surface area contributed by atoms with Crippen LogP contribution in [-0.2, 0) is 6.42 Å². The van der Waals surface area contributed by atoms with Crippen LogP contribution in [0, 0.1) is 0 Å². The molecule has 2 heterocycles. The van der Waals surface area contributed by atoms with E-state index in [0.29, 0.717) is 37.4 Å². The van der Waals surface area contributed by atoms with E-state index in [2.05, 4.69) is 15.6 Å². The van der Waals surface area contributed by atoms with Crippen molar-refractivity contribution in [2.75, 3.05) is 29.9 Å². The van der Waals surface area contributed by atoms with Crippen LogP contribution in [0.15, 0.2) is 29.6 Å². The molecular formula is C16H20ClN5O2S. The molecule has 1 aromatic carbocycles. The number of rotatable bonds is 5. The molecular weight excluding hydrogens is 362 g/mol. The second kappa shape index (κ2) is 8.80. The molecule has 0 bridgehead atoms. The van der Waals surface area contributed by atoms with Gasteiger partial charge in [0.15, 0.2) is 0 Å². The third-order valence-corrected chi connectivity index (χ3v) is 4.55. The van der Waals surface area contributed by atoms with Crippen molar-refractivity contribution >= 4 is 47.1 Å². The highest BCUT2D eigenvalue weighted by molar-refractivity contribution is 7.09. The van der Waals surface area contributed by atoms with E-state index in [4.69, 9.17) is 5.73 Å². The average Bonchev–Trinajstić information content (AvgIpc) is 3.05. The van der Waals surface area contributed by atoms with Crippen LogP contribution >= 0.6 is 23.7 Å². The minimum absolute atomic E-state index is 0.